The van der Waals surface area contributed by atoms with E-state index in [2.05, 4.69) is 63.1 Å². The van der Waals surface area contributed by atoms with Crippen molar-refractivity contribution in [3.63, 3.8) is 0 Å². The predicted molar refractivity (Wildman–Crippen MR) is 140 cm³/mol. The summed E-state index contributed by atoms with van der Waals surface area (Å²) in [6.45, 7) is 10.3. The minimum atomic E-state index is -0.194. The molecule has 1 aliphatic rings. The highest BCUT2D eigenvalue weighted by atomic mass is 16.1. The van der Waals surface area contributed by atoms with Crippen LogP contribution in [0.1, 0.15) is 29.9 Å². The molecule has 0 bridgehead atoms. The summed E-state index contributed by atoms with van der Waals surface area (Å²) in [6.07, 6.45) is 5.37. The van der Waals surface area contributed by atoms with Crippen LogP contribution in [0.25, 0.3) is 21.9 Å². The molecule has 0 atom stereocenters. The van der Waals surface area contributed by atoms with Gasteiger partial charge in [-0.25, -0.2) is 9.97 Å². The Kier molecular flexibility index (Phi) is 6.21. The molecular weight excluding hydrogens is 438 g/mol. The third-order valence-electron chi connectivity index (χ3n) is 6.89. The second-order valence-corrected chi connectivity index (χ2v) is 9.37. The van der Waals surface area contributed by atoms with Gasteiger partial charge in [-0.15, -0.1) is 0 Å². The zero-order valence-corrected chi connectivity index (χ0v) is 20.7. The van der Waals surface area contributed by atoms with Crippen LogP contribution >= 0.6 is 0 Å². The summed E-state index contributed by atoms with van der Waals surface area (Å²) in [4.78, 5) is 26.7. The minimum absolute atomic E-state index is 0.194. The van der Waals surface area contributed by atoms with Gasteiger partial charge < -0.3 is 10.2 Å². The average molecular weight is 470 g/mol. The van der Waals surface area contributed by atoms with E-state index < -0.39 is 0 Å². The van der Waals surface area contributed by atoms with Crippen molar-refractivity contribution in [3.8, 4) is 11.1 Å². The van der Waals surface area contributed by atoms with Crippen molar-refractivity contribution in [1.29, 1.82) is 0 Å². The Balaban J connectivity index is 1.33. The molecule has 3 aromatic heterocycles. The predicted octanol–water partition coefficient (Wildman–Crippen LogP) is 4.12. The lowest BCUT2D eigenvalue weighted by molar-refractivity contribution is 0.102. The molecule has 5 rings (SSSR count). The fourth-order valence-corrected chi connectivity index (χ4v) is 4.55. The number of amides is 1. The van der Waals surface area contributed by atoms with Crippen LogP contribution in [0.4, 0.5) is 11.6 Å². The summed E-state index contributed by atoms with van der Waals surface area (Å²) < 4.78 is 1.87. The van der Waals surface area contributed by atoms with E-state index >= 15 is 0 Å². The lowest BCUT2D eigenvalue weighted by Crippen LogP contribution is -2.49. The van der Waals surface area contributed by atoms with E-state index in [1.54, 1.807) is 18.5 Å². The number of hydrogen-bond acceptors (Lipinski definition) is 6. The van der Waals surface area contributed by atoms with Gasteiger partial charge in [0, 0.05) is 73.9 Å². The molecule has 1 fully saturated rings. The molecule has 4 heterocycles. The molecule has 180 valence electrons. The molecule has 1 saturated heterocycles. The van der Waals surface area contributed by atoms with Crippen LogP contribution in [-0.2, 0) is 7.05 Å². The molecule has 1 aliphatic heterocycles. The molecule has 0 spiro atoms. The van der Waals surface area contributed by atoms with Crippen LogP contribution in [0.3, 0.4) is 0 Å². The van der Waals surface area contributed by atoms with Gasteiger partial charge in [-0.3, -0.25) is 14.4 Å². The topological polar surface area (TPSA) is 79.2 Å². The Morgan fingerprint density at radius 2 is 1.77 bits per heavy atom. The number of nitrogens with zero attached hydrogens (tertiary/aromatic N) is 6. The van der Waals surface area contributed by atoms with Gasteiger partial charge in [0.1, 0.15) is 11.6 Å². The third-order valence-corrected chi connectivity index (χ3v) is 6.89. The van der Waals surface area contributed by atoms with Crippen molar-refractivity contribution in [2.75, 3.05) is 36.4 Å². The molecule has 0 unspecified atom stereocenters. The summed E-state index contributed by atoms with van der Waals surface area (Å²) in [6, 6.07) is 12.3. The van der Waals surface area contributed by atoms with Gasteiger partial charge in [0.2, 0.25) is 0 Å². The Labute approximate surface area is 205 Å². The summed E-state index contributed by atoms with van der Waals surface area (Å²) in [5, 5.41) is 9.33. The molecule has 0 saturated carbocycles. The molecule has 35 heavy (non-hydrogen) atoms. The Hall–Kier alpha value is -3.78. The molecular formula is C27H31N7O. The van der Waals surface area contributed by atoms with Gasteiger partial charge in [-0.1, -0.05) is 12.1 Å². The van der Waals surface area contributed by atoms with Gasteiger partial charge in [-0.2, -0.15) is 5.10 Å². The van der Waals surface area contributed by atoms with Crippen molar-refractivity contribution < 1.29 is 4.79 Å². The lowest BCUT2D eigenvalue weighted by Gasteiger charge is -2.37. The van der Waals surface area contributed by atoms with Crippen molar-refractivity contribution >= 4 is 28.3 Å². The third kappa shape index (κ3) is 4.74. The maximum atomic E-state index is 13.0. The number of carbonyl (C=O) groups excluding carboxylic acids is 1. The Bertz CT molecular complexity index is 1370. The SMILES string of the molecule is Cc1c(-c2ccc3cnc(NC(=O)c4ccnc(N5CCN(C(C)C)CC5)c4)cc3c2)cnn1C. The highest BCUT2D eigenvalue weighted by molar-refractivity contribution is 6.05. The smallest absolute Gasteiger partial charge is 0.257 e. The number of fused-ring (bicyclic) bond motifs is 1. The first-order valence-electron chi connectivity index (χ1n) is 12.0. The number of benzene rings is 1. The highest BCUT2D eigenvalue weighted by Crippen LogP contribution is 2.27. The van der Waals surface area contributed by atoms with Gasteiger partial charge in [0.15, 0.2) is 0 Å². The zero-order valence-electron chi connectivity index (χ0n) is 20.7. The monoisotopic (exact) mass is 469 g/mol. The summed E-state index contributed by atoms with van der Waals surface area (Å²) in [7, 11) is 1.94. The summed E-state index contributed by atoms with van der Waals surface area (Å²) in [5.74, 6) is 1.16. The zero-order chi connectivity index (χ0) is 24.5. The van der Waals surface area contributed by atoms with E-state index in [0.717, 1.165) is 59.6 Å². The lowest BCUT2D eigenvalue weighted by atomic mass is 10.0. The fraction of sp³-hybridized carbons (Fsp3) is 0.333. The number of nitrogens with one attached hydrogen (secondary N) is 1. The normalized spacial score (nSPS) is 14.6. The number of rotatable bonds is 5. The first-order chi connectivity index (χ1) is 16.9. The van der Waals surface area contributed by atoms with Crippen LogP contribution in [0.2, 0.25) is 0 Å². The van der Waals surface area contributed by atoms with E-state index in [4.69, 9.17) is 0 Å². The average Bonchev–Trinajstić information content (AvgIpc) is 3.21. The number of anilines is 2. The number of aryl methyl sites for hydroxylation is 1. The molecule has 1 aromatic carbocycles. The van der Waals surface area contributed by atoms with Crippen LogP contribution in [0.15, 0.2) is 55.0 Å². The summed E-state index contributed by atoms with van der Waals surface area (Å²) in [5.41, 5.74) is 3.85. The van der Waals surface area contributed by atoms with Gasteiger partial charge in [0.25, 0.3) is 5.91 Å². The van der Waals surface area contributed by atoms with E-state index in [9.17, 15) is 4.79 Å². The first-order valence-corrected chi connectivity index (χ1v) is 12.0. The van der Waals surface area contributed by atoms with Gasteiger partial charge >= 0.3 is 0 Å². The largest absolute Gasteiger partial charge is 0.354 e. The molecule has 8 heteroatoms. The van der Waals surface area contributed by atoms with Crippen LogP contribution < -0.4 is 10.2 Å². The van der Waals surface area contributed by atoms with E-state index in [0.29, 0.717) is 17.4 Å². The standard InChI is InChI=1S/C27H31N7O/c1-18(2)33-9-11-34(12-10-33)26-15-21(7-8-28-26)27(35)31-25-14-23-13-20(5-6-22(23)16-29-25)24-17-30-32(4)19(24)3/h5-8,13-18H,9-12H2,1-4H3,(H,29,31,35). The highest BCUT2D eigenvalue weighted by Gasteiger charge is 2.20. The number of piperazine rings is 1. The number of hydrogen-bond donors (Lipinski definition) is 1. The van der Waals surface area contributed by atoms with E-state index in [-0.39, 0.29) is 5.91 Å². The van der Waals surface area contributed by atoms with Crippen molar-refractivity contribution in [1.82, 2.24) is 24.6 Å². The maximum Gasteiger partial charge on any atom is 0.257 e. The second kappa shape index (κ2) is 9.46. The van der Waals surface area contributed by atoms with Crippen LogP contribution in [0.5, 0.6) is 0 Å². The molecule has 8 nitrogen and oxygen atoms in total. The van der Waals surface area contributed by atoms with Crippen molar-refractivity contribution in [2.24, 2.45) is 7.05 Å². The second-order valence-electron chi connectivity index (χ2n) is 9.37. The quantitative estimate of drug-likeness (QED) is 0.474. The van der Waals surface area contributed by atoms with Gasteiger partial charge in [-0.05, 0) is 56.0 Å². The van der Waals surface area contributed by atoms with E-state index in [1.807, 2.05) is 36.1 Å². The van der Waals surface area contributed by atoms with Crippen LogP contribution in [-0.4, -0.2) is 62.8 Å². The minimum Gasteiger partial charge on any atom is -0.354 e. The molecule has 4 aromatic rings. The molecule has 1 N–H and O–H groups in total. The van der Waals surface area contributed by atoms with Crippen molar-refractivity contribution in [3.05, 3.63) is 66.2 Å². The number of aromatic nitrogens is 4. The van der Waals surface area contributed by atoms with E-state index in [1.165, 1.54) is 0 Å². The molecule has 0 radical (unpaired) electrons. The molecule has 1 amide bonds. The van der Waals surface area contributed by atoms with Gasteiger partial charge in [0.05, 0.1) is 6.20 Å². The maximum absolute atomic E-state index is 13.0. The number of pyridine rings is 2. The fourth-order valence-electron chi connectivity index (χ4n) is 4.55. The van der Waals surface area contributed by atoms with Crippen molar-refractivity contribution in [2.45, 2.75) is 26.8 Å². The Morgan fingerprint density at radius 1 is 0.971 bits per heavy atom. The van der Waals surface area contributed by atoms with Crippen LogP contribution in [0, 0.1) is 6.92 Å². The number of carbonyl (C=O) groups is 1. The first kappa shape index (κ1) is 23.0. The summed E-state index contributed by atoms with van der Waals surface area (Å²) >= 11 is 0. The molecule has 0 aliphatic carbocycles. The Morgan fingerprint density at radius 3 is 2.49 bits per heavy atom.